The molecule has 0 radical (unpaired) electrons. The Morgan fingerprint density at radius 2 is 1.88 bits per heavy atom. The lowest BCUT2D eigenvalue weighted by Crippen LogP contribution is -2.42. The first kappa shape index (κ1) is 28.1. The summed E-state index contributed by atoms with van der Waals surface area (Å²) in [4.78, 5) is 33.3. The number of amides is 1. The lowest BCUT2D eigenvalue weighted by molar-refractivity contribution is -0.137. The summed E-state index contributed by atoms with van der Waals surface area (Å²) in [6.07, 6.45) is 4.34. The van der Waals surface area contributed by atoms with Gasteiger partial charge >= 0.3 is 5.97 Å². The third kappa shape index (κ3) is 6.47. The van der Waals surface area contributed by atoms with Gasteiger partial charge in [-0.3, -0.25) is 14.3 Å². The quantitative estimate of drug-likeness (QED) is 0.456. The van der Waals surface area contributed by atoms with Crippen LogP contribution in [0.4, 0.5) is 27.4 Å². The number of nitrogens with one attached hydrogen (secondary N) is 2. The van der Waals surface area contributed by atoms with Crippen LogP contribution in [-0.4, -0.2) is 77.0 Å². The van der Waals surface area contributed by atoms with Crippen molar-refractivity contribution in [2.45, 2.75) is 38.7 Å². The zero-order valence-electron chi connectivity index (χ0n) is 22.6. The van der Waals surface area contributed by atoms with Gasteiger partial charge in [0.1, 0.15) is 5.82 Å². The van der Waals surface area contributed by atoms with E-state index in [-0.39, 0.29) is 23.4 Å². The molecule has 2 saturated heterocycles. The van der Waals surface area contributed by atoms with Crippen LogP contribution in [0.5, 0.6) is 0 Å². The molecule has 2 aliphatic heterocycles. The molecule has 2 aromatic rings. The number of nitrogens with zero attached hydrogens (tertiary/aromatic N) is 3. The van der Waals surface area contributed by atoms with Gasteiger partial charge in [0.25, 0.3) is 5.91 Å². The molecule has 2 N–H and O–H groups in total. The summed E-state index contributed by atoms with van der Waals surface area (Å²) in [5, 5.41) is 2.78. The molecule has 3 aliphatic rings. The van der Waals surface area contributed by atoms with E-state index >= 15 is 0 Å². The largest absolute Gasteiger partial charge is 0.468 e. The highest BCUT2D eigenvalue weighted by molar-refractivity contribution is 7.93. The number of methoxy groups -OCH3 is 1. The number of rotatable bonds is 8. The highest BCUT2D eigenvalue weighted by atomic mass is 32.2. The number of esters is 1. The van der Waals surface area contributed by atoms with Crippen LogP contribution >= 0.6 is 0 Å². The van der Waals surface area contributed by atoms with Crippen molar-refractivity contribution >= 4 is 44.9 Å². The Morgan fingerprint density at radius 3 is 2.55 bits per heavy atom. The summed E-state index contributed by atoms with van der Waals surface area (Å²) in [5.41, 5.74) is 1.51. The van der Waals surface area contributed by atoms with Gasteiger partial charge in [-0.2, -0.15) is 0 Å². The Kier molecular flexibility index (Phi) is 7.87. The van der Waals surface area contributed by atoms with E-state index in [0.29, 0.717) is 36.4 Å². The molecule has 1 aromatic carbocycles. The minimum absolute atomic E-state index is 0.0707. The number of morpholine rings is 1. The van der Waals surface area contributed by atoms with E-state index in [2.05, 4.69) is 24.7 Å². The Bertz CT molecular complexity index is 1390. The third-order valence-electron chi connectivity index (χ3n) is 7.78. The molecule has 0 bridgehead atoms. The number of ether oxygens (including phenoxy) is 2. The number of piperidine rings is 1. The van der Waals surface area contributed by atoms with Gasteiger partial charge in [-0.25, -0.2) is 17.8 Å². The number of pyridine rings is 1. The number of halogens is 1. The minimum atomic E-state index is -4.01. The second-order valence-electron chi connectivity index (χ2n) is 10.7. The zero-order valence-corrected chi connectivity index (χ0v) is 23.4. The van der Waals surface area contributed by atoms with Crippen molar-refractivity contribution in [3.63, 3.8) is 0 Å². The predicted octanol–water partition coefficient (Wildman–Crippen LogP) is 2.99. The topological polar surface area (TPSA) is 130 Å². The van der Waals surface area contributed by atoms with Gasteiger partial charge in [-0.05, 0) is 68.4 Å². The Hall–Kier alpha value is -3.45. The average Bonchev–Trinajstić information content (AvgIpc) is 3.68. The fraction of sp³-hybridized carbons (Fsp3) is 0.519. The van der Waals surface area contributed by atoms with Crippen LogP contribution in [0.15, 0.2) is 30.3 Å². The standard InChI is InChI=1S/C27H34FN5O6S/c1-18-16-33(13-14-39-18)25-21(28)5-6-23(29-25)30-26(35)20-4-3-19(31-40(36,37)17-24(34)38-2)15-22(20)32-11-9-27(7-8-27)10-12-32/h3-6,15,18,31H,7-14,16-17H2,1-2H3,(H,29,30,35)/t18-/m1/s1. The number of sulfonamides is 1. The smallest absolute Gasteiger partial charge is 0.322 e. The molecule has 13 heteroatoms. The molecule has 1 atom stereocenters. The van der Waals surface area contributed by atoms with Crippen molar-refractivity contribution in [2.24, 2.45) is 5.41 Å². The molecular formula is C27H34FN5O6S. The fourth-order valence-corrected chi connectivity index (χ4v) is 6.28. The van der Waals surface area contributed by atoms with Gasteiger partial charge < -0.3 is 24.6 Å². The molecule has 1 saturated carbocycles. The van der Waals surface area contributed by atoms with E-state index in [1.807, 2.05) is 6.92 Å². The lowest BCUT2D eigenvalue weighted by atomic mass is 9.93. The Labute approximate surface area is 233 Å². The molecule has 1 amide bonds. The van der Waals surface area contributed by atoms with Crippen molar-refractivity contribution in [3.8, 4) is 0 Å². The van der Waals surface area contributed by atoms with E-state index in [1.165, 1.54) is 37.1 Å². The van der Waals surface area contributed by atoms with Gasteiger partial charge in [-0.1, -0.05) is 0 Å². The minimum Gasteiger partial charge on any atom is -0.468 e. The van der Waals surface area contributed by atoms with Crippen molar-refractivity contribution in [1.82, 2.24) is 4.98 Å². The number of hydrogen-bond acceptors (Lipinski definition) is 9. The van der Waals surface area contributed by atoms with E-state index < -0.39 is 33.5 Å². The van der Waals surface area contributed by atoms with Crippen LogP contribution < -0.4 is 19.8 Å². The van der Waals surface area contributed by atoms with E-state index in [1.54, 1.807) is 11.0 Å². The van der Waals surface area contributed by atoms with Crippen LogP contribution in [-0.2, 0) is 24.3 Å². The fourth-order valence-electron chi connectivity index (χ4n) is 5.29. The lowest BCUT2D eigenvalue weighted by Gasteiger charge is -2.35. The second-order valence-corrected chi connectivity index (χ2v) is 12.5. The molecule has 1 aromatic heterocycles. The normalized spacial score (nSPS) is 20.2. The molecule has 216 valence electrons. The Balaban J connectivity index is 1.39. The molecular weight excluding hydrogens is 541 g/mol. The summed E-state index contributed by atoms with van der Waals surface area (Å²) in [7, 11) is -2.89. The van der Waals surface area contributed by atoms with Crippen molar-refractivity contribution < 1.29 is 31.9 Å². The van der Waals surface area contributed by atoms with Gasteiger partial charge in [-0.15, -0.1) is 0 Å². The van der Waals surface area contributed by atoms with E-state index in [4.69, 9.17) is 4.74 Å². The van der Waals surface area contributed by atoms with Crippen LogP contribution in [0.2, 0.25) is 0 Å². The van der Waals surface area contributed by atoms with Gasteiger partial charge in [0.2, 0.25) is 10.0 Å². The van der Waals surface area contributed by atoms with Gasteiger partial charge in [0.15, 0.2) is 17.4 Å². The molecule has 3 heterocycles. The highest BCUT2D eigenvalue weighted by Crippen LogP contribution is 2.54. The summed E-state index contributed by atoms with van der Waals surface area (Å²) in [6.45, 7) is 4.78. The number of hydrogen-bond donors (Lipinski definition) is 2. The van der Waals surface area contributed by atoms with Crippen LogP contribution in [0.25, 0.3) is 0 Å². The van der Waals surface area contributed by atoms with Crippen LogP contribution in [0.1, 0.15) is 43.0 Å². The SMILES string of the molecule is COC(=O)CS(=O)(=O)Nc1ccc(C(=O)Nc2ccc(F)c(N3CCO[C@H](C)C3)n2)c(N2CCC3(CC2)CC3)c1. The monoisotopic (exact) mass is 575 g/mol. The number of benzene rings is 1. The van der Waals surface area contributed by atoms with Crippen molar-refractivity contribution in [1.29, 1.82) is 0 Å². The molecule has 40 heavy (non-hydrogen) atoms. The molecule has 1 aliphatic carbocycles. The summed E-state index contributed by atoms with van der Waals surface area (Å²) < 4.78 is 52.0. The summed E-state index contributed by atoms with van der Waals surface area (Å²) >= 11 is 0. The molecule has 3 fully saturated rings. The maximum atomic E-state index is 14.6. The predicted molar refractivity (Wildman–Crippen MR) is 149 cm³/mol. The maximum absolute atomic E-state index is 14.6. The average molecular weight is 576 g/mol. The number of anilines is 4. The van der Waals surface area contributed by atoms with Crippen molar-refractivity contribution in [2.75, 3.05) is 65.5 Å². The second kappa shape index (κ2) is 11.2. The maximum Gasteiger partial charge on any atom is 0.322 e. The number of carbonyl (C=O) groups excluding carboxylic acids is 2. The molecule has 1 spiro atoms. The first-order chi connectivity index (χ1) is 19.1. The van der Waals surface area contributed by atoms with E-state index in [9.17, 15) is 22.4 Å². The van der Waals surface area contributed by atoms with E-state index in [0.717, 1.165) is 33.0 Å². The molecule has 11 nitrogen and oxygen atoms in total. The van der Waals surface area contributed by atoms with Gasteiger partial charge in [0.05, 0.1) is 36.8 Å². The zero-order chi connectivity index (χ0) is 28.5. The third-order valence-corrected chi connectivity index (χ3v) is 8.95. The Morgan fingerprint density at radius 1 is 1.12 bits per heavy atom. The van der Waals surface area contributed by atoms with Gasteiger partial charge in [0, 0.05) is 26.2 Å². The highest BCUT2D eigenvalue weighted by Gasteiger charge is 2.44. The number of carbonyl (C=O) groups is 2. The first-order valence-corrected chi connectivity index (χ1v) is 15.0. The van der Waals surface area contributed by atoms with Crippen LogP contribution in [0, 0.1) is 11.2 Å². The van der Waals surface area contributed by atoms with Crippen LogP contribution in [0.3, 0.4) is 0 Å². The number of aromatic nitrogens is 1. The summed E-state index contributed by atoms with van der Waals surface area (Å²) in [6, 6.07) is 7.30. The molecule has 0 unspecified atom stereocenters. The summed E-state index contributed by atoms with van der Waals surface area (Å²) in [5.74, 6) is -2.30. The first-order valence-electron chi connectivity index (χ1n) is 13.4. The molecule has 5 rings (SSSR count). The van der Waals surface area contributed by atoms with Crippen molar-refractivity contribution in [3.05, 3.63) is 41.7 Å².